The molecule has 1 fully saturated rings. The van der Waals surface area contributed by atoms with Gasteiger partial charge >= 0.3 is 0 Å². The SMILES string of the molecule is Cl.O=C(Nc1nnc(-c2cccc(Cl)c2)s1)c1ccn(C2CCCNC2)n1. The van der Waals surface area contributed by atoms with Gasteiger partial charge in [-0.2, -0.15) is 5.10 Å². The van der Waals surface area contributed by atoms with E-state index in [-0.39, 0.29) is 18.3 Å². The molecule has 1 aliphatic heterocycles. The number of rotatable bonds is 4. The van der Waals surface area contributed by atoms with Crippen LogP contribution in [0.2, 0.25) is 5.02 Å². The van der Waals surface area contributed by atoms with E-state index in [2.05, 4.69) is 25.9 Å². The van der Waals surface area contributed by atoms with Crippen molar-refractivity contribution in [3.05, 3.63) is 47.2 Å². The molecule has 1 saturated heterocycles. The monoisotopic (exact) mass is 424 g/mol. The second kappa shape index (κ2) is 8.79. The van der Waals surface area contributed by atoms with Crippen molar-refractivity contribution in [3.8, 4) is 10.6 Å². The number of aromatic nitrogens is 4. The zero-order chi connectivity index (χ0) is 17.9. The van der Waals surface area contributed by atoms with Gasteiger partial charge in [-0.1, -0.05) is 35.1 Å². The van der Waals surface area contributed by atoms with Crippen LogP contribution in [0.15, 0.2) is 36.5 Å². The maximum atomic E-state index is 12.4. The van der Waals surface area contributed by atoms with E-state index in [0.29, 0.717) is 26.9 Å². The van der Waals surface area contributed by atoms with Crippen LogP contribution >= 0.6 is 35.3 Å². The first-order chi connectivity index (χ1) is 12.7. The van der Waals surface area contributed by atoms with Gasteiger partial charge in [-0.15, -0.1) is 22.6 Å². The van der Waals surface area contributed by atoms with E-state index < -0.39 is 0 Å². The van der Waals surface area contributed by atoms with Crippen LogP contribution in [-0.2, 0) is 0 Å². The van der Waals surface area contributed by atoms with Gasteiger partial charge in [0.25, 0.3) is 5.91 Å². The molecule has 1 amide bonds. The topological polar surface area (TPSA) is 84.7 Å². The molecule has 0 spiro atoms. The lowest BCUT2D eigenvalue weighted by Crippen LogP contribution is -2.32. The molecule has 0 radical (unpaired) electrons. The Morgan fingerprint density at radius 1 is 1.33 bits per heavy atom. The maximum absolute atomic E-state index is 12.4. The molecule has 1 aromatic carbocycles. The van der Waals surface area contributed by atoms with Crippen LogP contribution in [0, 0.1) is 0 Å². The highest BCUT2D eigenvalue weighted by Gasteiger charge is 2.18. The summed E-state index contributed by atoms with van der Waals surface area (Å²) in [5.41, 5.74) is 1.24. The standard InChI is InChI=1S/C17H17ClN6OS.ClH/c18-12-4-1-3-11(9-12)16-21-22-17(26-16)20-15(25)14-6-8-24(23-14)13-5-2-7-19-10-13;/h1,3-4,6,8-9,13,19H,2,5,7,10H2,(H,20,22,25);1H. The van der Waals surface area contributed by atoms with Crippen LogP contribution in [0.1, 0.15) is 29.4 Å². The second-order valence-corrected chi connectivity index (χ2v) is 7.47. The van der Waals surface area contributed by atoms with Crippen molar-refractivity contribution in [3.63, 3.8) is 0 Å². The lowest BCUT2D eigenvalue weighted by Gasteiger charge is -2.22. The highest BCUT2D eigenvalue weighted by Crippen LogP contribution is 2.28. The first kappa shape index (κ1) is 19.8. The molecular formula is C17H18Cl2N6OS. The van der Waals surface area contributed by atoms with E-state index in [1.54, 1.807) is 12.1 Å². The fourth-order valence-electron chi connectivity index (χ4n) is 2.89. The van der Waals surface area contributed by atoms with Crippen LogP contribution in [0.3, 0.4) is 0 Å². The molecule has 3 aromatic rings. The highest BCUT2D eigenvalue weighted by atomic mass is 35.5. The average molecular weight is 425 g/mol. The summed E-state index contributed by atoms with van der Waals surface area (Å²) >= 11 is 7.30. The van der Waals surface area contributed by atoms with Crippen molar-refractivity contribution in [2.75, 3.05) is 18.4 Å². The van der Waals surface area contributed by atoms with Gasteiger partial charge in [0, 0.05) is 23.3 Å². The number of benzene rings is 1. The number of hydrogen-bond acceptors (Lipinski definition) is 6. The lowest BCUT2D eigenvalue weighted by atomic mass is 10.1. The third kappa shape index (κ3) is 4.65. The van der Waals surface area contributed by atoms with E-state index in [9.17, 15) is 4.79 Å². The molecule has 1 unspecified atom stereocenters. The molecule has 2 N–H and O–H groups in total. The Hall–Kier alpha value is -2.00. The van der Waals surface area contributed by atoms with Crippen molar-refractivity contribution >= 4 is 46.4 Å². The maximum Gasteiger partial charge on any atom is 0.277 e. The van der Waals surface area contributed by atoms with Crippen LogP contribution < -0.4 is 10.6 Å². The van der Waals surface area contributed by atoms with Gasteiger partial charge in [-0.3, -0.25) is 14.8 Å². The number of carbonyl (C=O) groups excluding carboxylic acids is 1. The summed E-state index contributed by atoms with van der Waals surface area (Å²) in [5.74, 6) is -0.290. The quantitative estimate of drug-likeness (QED) is 0.667. The zero-order valence-electron chi connectivity index (χ0n) is 14.3. The van der Waals surface area contributed by atoms with Gasteiger partial charge < -0.3 is 5.32 Å². The number of nitrogens with zero attached hydrogens (tertiary/aromatic N) is 4. The summed E-state index contributed by atoms with van der Waals surface area (Å²) in [6.45, 7) is 1.92. The Morgan fingerprint density at radius 2 is 2.22 bits per heavy atom. The Labute approximate surface area is 171 Å². The summed E-state index contributed by atoms with van der Waals surface area (Å²) in [4.78, 5) is 12.4. The second-order valence-electron chi connectivity index (χ2n) is 6.06. The molecular weight excluding hydrogens is 407 g/mol. The van der Waals surface area contributed by atoms with Crippen LogP contribution in [0.25, 0.3) is 10.6 Å². The average Bonchev–Trinajstić information content (AvgIpc) is 3.32. The number of piperidine rings is 1. The summed E-state index contributed by atoms with van der Waals surface area (Å²) in [5, 5.41) is 20.4. The van der Waals surface area contributed by atoms with E-state index >= 15 is 0 Å². The van der Waals surface area contributed by atoms with E-state index in [1.807, 2.05) is 29.1 Å². The van der Waals surface area contributed by atoms with Crippen molar-refractivity contribution in [1.29, 1.82) is 0 Å². The smallest absolute Gasteiger partial charge is 0.277 e. The Morgan fingerprint density at radius 3 is 3.00 bits per heavy atom. The zero-order valence-corrected chi connectivity index (χ0v) is 16.7. The number of amides is 1. The number of hydrogen-bond donors (Lipinski definition) is 2. The van der Waals surface area contributed by atoms with Gasteiger partial charge in [-0.25, -0.2) is 0 Å². The van der Waals surface area contributed by atoms with Crippen molar-refractivity contribution in [1.82, 2.24) is 25.3 Å². The first-order valence-electron chi connectivity index (χ1n) is 8.36. The number of carbonyl (C=O) groups is 1. The molecule has 7 nitrogen and oxygen atoms in total. The third-order valence-electron chi connectivity index (χ3n) is 4.20. The summed E-state index contributed by atoms with van der Waals surface area (Å²) in [6.07, 6.45) is 4.03. The largest absolute Gasteiger partial charge is 0.315 e. The predicted octanol–water partition coefficient (Wildman–Crippen LogP) is 3.65. The third-order valence-corrected chi connectivity index (χ3v) is 5.33. The number of anilines is 1. The van der Waals surface area contributed by atoms with Crippen molar-refractivity contribution < 1.29 is 4.79 Å². The molecule has 0 saturated carbocycles. The van der Waals surface area contributed by atoms with Gasteiger partial charge in [0.2, 0.25) is 5.13 Å². The normalized spacial score (nSPS) is 16.6. The molecule has 142 valence electrons. The fourth-order valence-corrected chi connectivity index (χ4v) is 3.82. The minimum Gasteiger partial charge on any atom is -0.315 e. The van der Waals surface area contributed by atoms with Crippen LogP contribution in [0.5, 0.6) is 0 Å². The molecule has 0 aliphatic carbocycles. The van der Waals surface area contributed by atoms with Crippen molar-refractivity contribution in [2.45, 2.75) is 18.9 Å². The minimum atomic E-state index is -0.290. The molecule has 3 heterocycles. The number of halogens is 2. The molecule has 2 aromatic heterocycles. The van der Waals surface area contributed by atoms with Crippen LogP contribution in [-0.4, -0.2) is 39.0 Å². The van der Waals surface area contributed by atoms with Gasteiger partial charge in [0.1, 0.15) is 5.01 Å². The molecule has 0 bridgehead atoms. The van der Waals surface area contributed by atoms with E-state index in [0.717, 1.165) is 31.5 Å². The molecule has 1 aliphatic rings. The molecule has 1 atom stereocenters. The predicted molar refractivity (Wildman–Crippen MR) is 109 cm³/mol. The van der Waals surface area contributed by atoms with Gasteiger partial charge in [-0.05, 0) is 37.6 Å². The minimum absolute atomic E-state index is 0. The van der Waals surface area contributed by atoms with Gasteiger partial charge in [0.05, 0.1) is 6.04 Å². The molecule has 10 heteroatoms. The summed E-state index contributed by atoms with van der Waals surface area (Å²) in [6, 6.07) is 9.38. The first-order valence-corrected chi connectivity index (χ1v) is 9.55. The van der Waals surface area contributed by atoms with E-state index in [1.165, 1.54) is 11.3 Å². The Balaban J connectivity index is 0.00000210. The Bertz CT molecular complexity index is 922. The fraction of sp³-hybridized carbons (Fsp3) is 0.294. The number of nitrogens with one attached hydrogen (secondary N) is 2. The molecule has 27 heavy (non-hydrogen) atoms. The summed E-state index contributed by atoms with van der Waals surface area (Å²) < 4.78 is 1.86. The highest BCUT2D eigenvalue weighted by molar-refractivity contribution is 7.18. The van der Waals surface area contributed by atoms with Gasteiger partial charge in [0.15, 0.2) is 5.69 Å². The van der Waals surface area contributed by atoms with Crippen LogP contribution in [0.4, 0.5) is 5.13 Å². The van der Waals surface area contributed by atoms with Crippen molar-refractivity contribution in [2.24, 2.45) is 0 Å². The Kier molecular flexibility index (Phi) is 6.43. The molecule has 4 rings (SSSR count). The lowest BCUT2D eigenvalue weighted by molar-refractivity contribution is 0.102. The van der Waals surface area contributed by atoms with E-state index in [4.69, 9.17) is 11.6 Å². The summed E-state index contributed by atoms with van der Waals surface area (Å²) in [7, 11) is 0.